The van der Waals surface area contributed by atoms with Crippen LogP contribution >= 0.6 is 0 Å². The van der Waals surface area contributed by atoms with Crippen LogP contribution in [0.3, 0.4) is 0 Å². The molecule has 0 aromatic heterocycles. The van der Waals surface area contributed by atoms with E-state index in [1.165, 1.54) is 0 Å². The van der Waals surface area contributed by atoms with Crippen molar-refractivity contribution in [3.05, 3.63) is 6.92 Å². The van der Waals surface area contributed by atoms with E-state index in [9.17, 15) is 9.59 Å². The summed E-state index contributed by atoms with van der Waals surface area (Å²) < 4.78 is 0. The molecule has 0 unspecified atom stereocenters. The number of aliphatic hydroxyl groups is 1. The Kier molecular flexibility index (Phi) is 21.3. The zero-order chi connectivity index (χ0) is 10.7. The normalized spacial score (nSPS) is 7.86. The molecule has 0 saturated carbocycles. The van der Waals surface area contributed by atoms with Crippen LogP contribution in [0.1, 0.15) is 6.42 Å². The van der Waals surface area contributed by atoms with E-state index < -0.39 is 11.9 Å². The van der Waals surface area contributed by atoms with E-state index in [1.54, 1.807) is 0 Å². The van der Waals surface area contributed by atoms with Crippen LogP contribution in [0.25, 0.3) is 0 Å². The van der Waals surface area contributed by atoms with Gasteiger partial charge < -0.3 is 22.2 Å². The minimum Gasteiger partial charge on any atom is -0.480 e. The van der Waals surface area contributed by atoms with Crippen LogP contribution in [0.2, 0.25) is 0 Å². The quantitative estimate of drug-likeness (QED) is 0.275. The molecular formula is C7H14NNaO5. The van der Waals surface area contributed by atoms with Crippen molar-refractivity contribution in [1.82, 2.24) is 5.32 Å². The van der Waals surface area contributed by atoms with E-state index in [2.05, 4.69) is 12.2 Å². The summed E-state index contributed by atoms with van der Waals surface area (Å²) in [4.78, 5) is 19.5. The minimum atomic E-state index is -1.06. The number of carboxylic acid groups (broad SMARTS) is 2. The van der Waals surface area contributed by atoms with Crippen LogP contribution in [0.15, 0.2) is 0 Å². The first-order valence-corrected chi connectivity index (χ1v) is 3.59. The Balaban J connectivity index is -0.000000209. The van der Waals surface area contributed by atoms with Gasteiger partial charge in [0.15, 0.2) is 0 Å². The van der Waals surface area contributed by atoms with Gasteiger partial charge in [-0.3, -0.25) is 14.9 Å². The summed E-state index contributed by atoms with van der Waals surface area (Å²) in [5.41, 5.74) is 0. The van der Waals surface area contributed by atoms with Crippen molar-refractivity contribution in [1.29, 1.82) is 0 Å². The number of hydrogen-bond donors (Lipinski definition) is 4. The molecular weight excluding hydrogens is 201 g/mol. The van der Waals surface area contributed by atoms with Crippen molar-refractivity contribution < 1.29 is 54.5 Å². The Bertz CT molecular complexity index is 137. The Labute approximate surface area is 105 Å². The first-order valence-electron chi connectivity index (χ1n) is 3.59. The summed E-state index contributed by atoms with van der Waals surface area (Å²) in [6, 6.07) is 0. The third kappa shape index (κ3) is 29.7. The standard InChI is InChI=1S/C4H7NO4.C3H7O.Na/c6-3(7)1-5-2-4(8)9;1-2-3-4;/h5H,1-2H2,(H,6,7)(H,8,9);4H,1-3H2;/q;-1;+1. The molecule has 0 saturated heterocycles. The maximum absolute atomic E-state index is 9.73. The molecule has 6 nitrogen and oxygen atoms in total. The molecule has 0 aromatic carbocycles. The number of aliphatic hydroxyl groups excluding tert-OH is 1. The van der Waals surface area contributed by atoms with Crippen molar-refractivity contribution in [2.75, 3.05) is 19.7 Å². The Morgan fingerprint density at radius 3 is 1.57 bits per heavy atom. The van der Waals surface area contributed by atoms with Crippen LogP contribution in [0, 0.1) is 6.92 Å². The summed E-state index contributed by atoms with van der Waals surface area (Å²) in [7, 11) is 0. The molecule has 0 aromatic rings. The van der Waals surface area contributed by atoms with Gasteiger partial charge in [0.2, 0.25) is 0 Å². The Morgan fingerprint density at radius 1 is 1.14 bits per heavy atom. The van der Waals surface area contributed by atoms with Gasteiger partial charge in [-0.25, -0.2) is 0 Å². The number of hydrogen-bond acceptors (Lipinski definition) is 4. The molecule has 0 aliphatic carbocycles. The minimum absolute atomic E-state index is 0. The van der Waals surface area contributed by atoms with E-state index in [1.807, 2.05) is 0 Å². The van der Waals surface area contributed by atoms with E-state index in [4.69, 9.17) is 15.3 Å². The van der Waals surface area contributed by atoms with E-state index in [-0.39, 0.29) is 49.3 Å². The molecule has 0 rings (SSSR count). The van der Waals surface area contributed by atoms with Gasteiger partial charge in [0.1, 0.15) is 0 Å². The average Bonchev–Trinajstić information content (AvgIpc) is 2.03. The fourth-order valence-corrected chi connectivity index (χ4v) is 0.276. The Hall–Kier alpha value is -0.140. The van der Waals surface area contributed by atoms with E-state index >= 15 is 0 Å². The van der Waals surface area contributed by atoms with Crippen molar-refractivity contribution in [2.45, 2.75) is 6.42 Å². The van der Waals surface area contributed by atoms with Gasteiger partial charge in [-0.15, -0.1) is 0 Å². The van der Waals surface area contributed by atoms with Crippen LogP contribution in [0.4, 0.5) is 0 Å². The molecule has 0 spiro atoms. The molecule has 78 valence electrons. The zero-order valence-corrected chi connectivity index (χ0v) is 10.2. The fraction of sp³-hybridized carbons (Fsp3) is 0.571. The molecule has 0 amide bonds. The van der Waals surface area contributed by atoms with Crippen molar-refractivity contribution in [2.24, 2.45) is 0 Å². The predicted octanol–water partition coefficient (Wildman–Crippen LogP) is -4.05. The predicted molar refractivity (Wildman–Crippen MR) is 45.2 cm³/mol. The van der Waals surface area contributed by atoms with E-state index in [0.29, 0.717) is 6.42 Å². The second-order valence-corrected chi connectivity index (χ2v) is 1.97. The van der Waals surface area contributed by atoms with Crippen molar-refractivity contribution in [3.8, 4) is 0 Å². The Morgan fingerprint density at radius 2 is 1.43 bits per heavy atom. The van der Waals surface area contributed by atoms with Gasteiger partial charge in [-0.1, -0.05) is 0 Å². The SMILES string of the molecule is O=C(O)CNCC(=O)O.[CH2-]CCO.[Na+]. The molecule has 0 bridgehead atoms. The molecule has 0 heterocycles. The van der Waals surface area contributed by atoms with Gasteiger partial charge >= 0.3 is 41.5 Å². The topological polar surface area (TPSA) is 107 Å². The summed E-state index contributed by atoms with van der Waals surface area (Å²) >= 11 is 0. The molecule has 0 radical (unpaired) electrons. The van der Waals surface area contributed by atoms with Gasteiger partial charge in [0.05, 0.1) is 13.1 Å². The van der Waals surface area contributed by atoms with Crippen molar-refractivity contribution >= 4 is 11.9 Å². The van der Waals surface area contributed by atoms with E-state index in [0.717, 1.165) is 0 Å². The number of rotatable bonds is 5. The first kappa shape index (κ1) is 19.4. The third-order valence-corrected chi connectivity index (χ3v) is 0.711. The molecule has 0 atom stereocenters. The maximum Gasteiger partial charge on any atom is 1.00 e. The second-order valence-electron chi connectivity index (χ2n) is 1.97. The summed E-state index contributed by atoms with van der Waals surface area (Å²) in [5.74, 6) is -2.12. The van der Waals surface area contributed by atoms with Crippen molar-refractivity contribution in [3.63, 3.8) is 0 Å². The molecule has 7 heteroatoms. The maximum atomic E-state index is 9.73. The number of carbonyl (C=O) groups is 2. The number of nitrogens with one attached hydrogen (secondary N) is 1. The zero-order valence-electron chi connectivity index (χ0n) is 8.19. The fourth-order valence-electron chi connectivity index (χ4n) is 0.276. The molecule has 0 aliphatic heterocycles. The monoisotopic (exact) mass is 215 g/mol. The molecule has 4 N–H and O–H groups in total. The number of carboxylic acids is 2. The van der Waals surface area contributed by atoms with Gasteiger partial charge in [-0.05, 0) is 0 Å². The molecule has 0 aliphatic rings. The third-order valence-electron chi connectivity index (χ3n) is 0.711. The van der Waals surface area contributed by atoms with Crippen LogP contribution in [0.5, 0.6) is 0 Å². The average molecular weight is 215 g/mol. The smallest absolute Gasteiger partial charge is 0.480 e. The first-order chi connectivity index (χ1) is 6.04. The summed E-state index contributed by atoms with van der Waals surface area (Å²) in [6.07, 6.45) is 0.625. The molecule has 14 heavy (non-hydrogen) atoms. The molecule has 0 fully saturated rings. The van der Waals surface area contributed by atoms with Gasteiger partial charge in [-0.2, -0.15) is 6.42 Å². The largest absolute Gasteiger partial charge is 1.00 e. The van der Waals surface area contributed by atoms with Crippen LogP contribution in [-0.2, 0) is 9.59 Å². The van der Waals surface area contributed by atoms with Crippen LogP contribution < -0.4 is 34.9 Å². The number of aliphatic carboxylic acids is 2. The second kappa shape index (κ2) is 15.3. The van der Waals surface area contributed by atoms with Crippen LogP contribution in [-0.4, -0.2) is 47.0 Å². The van der Waals surface area contributed by atoms with Gasteiger partial charge in [0.25, 0.3) is 0 Å². The van der Waals surface area contributed by atoms with Gasteiger partial charge in [0, 0.05) is 6.61 Å². The summed E-state index contributed by atoms with van der Waals surface area (Å²) in [6.45, 7) is 2.94. The summed E-state index contributed by atoms with van der Waals surface area (Å²) in [5, 5.41) is 25.9.